The molecule has 0 saturated heterocycles. The van der Waals surface area contributed by atoms with Gasteiger partial charge in [0, 0.05) is 23.5 Å². The van der Waals surface area contributed by atoms with Gasteiger partial charge >= 0.3 is 0 Å². The zero-order chi connectivity index (χ0) is 13.2. The molecule has 0 spiro atoms. The van der Waals surface area contributed by atoms with Crippen molar-refractivity contribution < 1.29 is 4.74 Å². The molecule has 0 atom stereocenters. The lowest BCUT2D eigenvalue weighted by molar-refractivity contribution is 0.328. The third kappa shape index (κ3) is 2.14. The number of ether oxygens (including phenoxy) is 1. The van der Waals surface area contributed by atoms with E-state index in [4.69, 9.17) is 4.74 Å². The summed E-state index contributed by atoms with van der Waals surface area (Å²) in [5, 5.41) is 0. The molecule has 1 N–H and O–H groups in total. The van der Waals surface area contributed by atoms with Crippen LogP contribution in [0.25, 0.3) is 22.6 Å². The van der Waals surface area contributed by atoms with Crippen LogP contribution in [0.5, 0.6) is 5.88 Å². The Hall–Kier alpha value is -2.43. The fraction of sp³-hybridized carbons (Fsp3) is 0.214. The molecule has 0 aliphatic heterocycles. The van der Waals surface area contributed by atoms with E-state index in [0.29, 0.717) is 18.1 Å². The Bertz CT molecular complexity index is 720. The van der Waals surface area contributed by atoms with Crippen molar-refractivity contribution in [1.29, 1.82) is 0 Å². The monoisotopic (exact) mass is 254 g/mol. The number of hydrogen-bond donors (Lipinski definition) is 1. The fourth-order valence-corrected chi connectivity index (χ4v) is 1.97. The topological polar surface area (TPSA) is 63.7 Å². The molecular formula is C14H14N4O. The Labute approximate surface area is 110 Å². The number of imidazole rings is 1. The van der Waals surface area contributed by atoms with E-state index in [1.165, 1.54) is 0 Å². The van der Waals surface area contributed by atoms with E-state index in [1.54, 1.807) is 6.20 Å². The van der Waals surface area contributed by atoms with Crippen LogP contribution in [0.4, 0.5) is 0 Å². The predicted octanol–water partition coefficient (Wildman–Crippen LogP) is 2.73. The van der Waals surface area contributed by atoms with Gasteiger partial charge in [0.1, 0.15) is 5.82 Å². The lowest BCUT2D eigenvalue weighted by atomic mass is 10.2. The van der Waals surface area contributed by atoms with Crippen molar-refractivity contribution in [2.75, 3.05) is 6.61 Å². The largest absolute Gasteiger partial charge is 0.478 e. The van der Waals surface area contributed by atoms with Crippen LogP contribution < -0.4 is 4.74 Å². The van der Waals surface area contributed by atoms with Gasteiger partial charge in [0.2, 0.25) is 5.88 Å². The first-order valence-electron chi connectivity index (χ1n) is 6.19. The number of aryl methyl sites for hydroxylation is 1. The van der Waals surface area contributed by atoms with E-state index in [9.17, 15) is 0 Å². The molecule has 5 heteroatoms. The minimum absolute atomic E-state index is 0.593. The van der Waals surface area contributed by atoms with Crippen molar-refractivity contribution >= 4 is 11.2 Å². The number of pyridine rings is 2. The van der Waals surface area contributed by atoms with Crippen molar-refractivity contribution in [3.63, 3.8) is 0 Å². The lowest BCUT2D eigenvalue weighted by Gasteiger charge is -1.99. The van der Waals surface area contributed by atoms with Crippen molar-refractivity contribution in [3.8, 4) is 17.3 Å². The van der Waals surface area contributed by atoms with Crippen LogP contribution in [0.2, 0.25) is 0 Å². The van der Waals surface area contributed by atoms with Gasteiger partial charge in [-0.15, -0.1) is 0 Å². The maximum absolute atomic E-state index is 5.38. The first-order chi connectivity index (χ1) is 9.28. The number of nitrogens with one attached hydrogen (secondary N) is 1. The molecule has 3 aromatic heterocycles. The maximum atomic E-state index is 5.38. The number of rotatable bonds is 3. The van der Waals surface area contributed by atoms with Crippen LogP contribution in [0.3, 0.4) is 0 Å². The van der Waals surface area contributed by atoms with Crippen LogP contribution in [0.1, 0.15) is 12.6 Å². The molecule has 0 bridgehead atoms. The predicted molar refractivity (Wildman–Crippen MR) is 73.0 cm³/mol. The SMILES string of the molecule is CCOc1ccc2[nH]c(-c3cccnc3C)nc2n1. The second kappa shape index (κ2) is 4.68. The number of fused-ring (bicyclic) bond motifs is 1. The second-order valence-electron chi connectivity index (χ2n) is 4.18. The van der Waals surface area contributed by atoms with E-state index in [-0.39, 0.29) is 0 Å². The first kappa shape index (κ1) is 11.6. The van der Waals surface area contributed by atoms with Gasteiger partial charge in [-0.1, -0.05) is 0 Å². The van der Waals surface area contributed by atoms with E-state index in [0.717, 1.165) is 22.6 Å². The van der Waals surface area contributed by atoms with Crippen molar-refractivity contribution in [1.82, 2.24) is 19.9 Å². The number of hydrogen-bond acceptors (Lipinski definition) is 4. The van der Waals surface area contributed by atoms with E-state index in [2.05, 4.69) is 19.9 Å². The van der Waals surface area contributed by atoms with E-state index < -0.39 is 0 Å². The number of nitrogens with zero attached hydrogens (tertiary/aromatic N) is 3. The zero-order valence-electron chi connectivity index (χ0n) is 10.8. The molecule has 0 aliphatic carbocycles. The molecule has 0 unspecified atom stereocenters. The number of aromatic nitrogens is 4. The number of aromatic amines is 1. The van der Waals surface area contributed by atoms with Gasteiger partial charge in [-0.05, 0) is 32.0 Å². The standard InChI is InChI=1S/C14H14N4O/c1-3-19-12-7-6-11-14(17-12)18-13(16-11)10-5-4-8-15-9(10)2/h4-8H,3H2,1-2H3,(H,16,17,18). The Balaban J connectivity index is 2.09. The summed E-state index contributed by atoms with van der Waals surface area (Å²) in [6, 6.07) is 7.65. The minimum Gasteiger partial charge on any atom is -0.478 e. The molecule has 3 aromatic rings. The molecular weight excluding hydrogens is 240 g/mol. The Morgan fingerprint density at radius 2 is 2.11 bits per heavy atom. The van der Waals surface area contributed by atoms with Gasteiger partial charge in [-0.2, -0.15) is 4.98 Å². The summed E-state index contributed by atoms with van der Waals surface area (Å²) in [7, 11) is 0. The third-order valence-electron chi connectivity index (χ3n) is 2.87. The summed E-state index contributed by atoms with van der Waals surface area (Å²) in [6.07, 6.45) is 1.77. The minimum atomic E-state index is 0.593. The Morgan fingerprint density at radius 1 is 1.21 bits per heavy atom. The molecule has 0 aliphatic rings. The van der Waals surface area contributed by atoms with Gasteiger partial charge in [0.05, 0.1) is 12.1 Å². The molecule has 3 heterocycles. The molecule has 5 nitrogen and oxygen atoms in total. The van der Waals surface area contributed by atoms with Crippen LogP contribution in [0, 0.1) is 6.92 Å². The van der Waals surface area contributed by atoms with Gasteiger partial charge in [-0.3, -0.25) is 4.98 Å². The summed E-state index contributed by atoms with van der Waals surface area (Å²) in [5.41, 5.74) is 3.47. The molecule has 0 radical (unpaired) electrons. The molecule has 0 fully saturated rings. The average molecular weight is 254 g/mol. The van der Waals surface area contributed by atoms with E-state index in [1.807, 2.05) is 38.1 Å². The second-order valence-corrected chi connectivity index (χ2v) is 4.18. The molecule has 0 saturated carbocycles. The quantitative estimate of drug-likeness (QED) is 0.780. The number of H-pyrrole nitrogens is 1. The van der Waals surface area contributed by atoms with Crippen LogP contribution in [-0.4, -0.2) is 26.5 Å². The Morgan fingerprint density at radius 3 is 2.89 bits per heavy atom. The maximum Gasteiger partial charge on any atom is 0.215 e. The summed E-state index contributed by atoms with van der Waals surface area (Å²) < 4.78 is 5.38. The van der Waals surface area contributed by atoms with E-state index >= 15 is 0 Å². The smallest absolute Gasteiger partial charge is 0.215 e. The first-order valence-corrected chi connectivity index (χ1v) is 6.19. The summed E-state index contributed by atoms with van der Waals surface area (Å²) in [4.78, 5) is 16.4. The van der Waals surface area contributed by atoms with Gasteiger partial charge in [0.25, 0.3) is 0 Å². The Kier molecular flexibility index (Phi) is 2.87. The summed E-state index contributed by atoms with van der Waals surface area (Å²) >= 11 is 0. The van der Waals surface area contributed by atoms with Crippen molar-refractivity contribution in [2.24, 2.45) is 0 Å². The molecule has 96 valence electrons. The van der Waals surface area contributed by atoms with Crippen LogP contribution >= 0.6 is 0 Å². The van der Waals surface area contributed by atoms with Gasteiger partial charge in [-0.25, -0.2) is 4.98 Å². The average Bonchev–Trinajstić information content (AvgIpc) is 2.82. The normalized spacial score (nSPS) is 10.8. The third-order valence-corrected chi connectivity index (χ3v) is 2.87. The zero-order valence-corrected chi connectivity index (χ0v) is 10.8. The molecule has 19 heavy (non-hydrogen) atoms. The van der Waals surface area contributed by atoms with Gasteiger partial charge in [0.15, 0.2) is 5.65 Å². The highest BCUT2D eigenvalue weighted by molar-refractivity contribution is 5.76. The summed E-state index contributed by atoms with van der Waals surface area (Å²) in [5.74, 6) is 1.37. The highest BCUT2D eigenvalue weighted by atomic mass is 16.5. The fourth-order valence-electron chi connectivity index (χ4n) is 1.97. The van der Waals surface area contributed by atoms with Crippen molar-refractivity contribution in [2.45, 2.75) is 13.8 Å². The highest BCUT2D eigenvalue weighted by Crippen LogP contribution is 2.22. The molecule has 3 rings (SSSR count). The summed E-state index contributed by atoms with van der Waals surface area (Å²) in [6.45, 7) is 4.49. The molecule has 0 amide bonds. The highest BCUT2D eigenvalue weighted by Gasteiger charge is 2.09. The lowest BCUT2D eigenvalue weighted by Crippen LogP contribution is -1.93. The van der Waals surface area contributed by atoms with Gasteiger partial charge < -0.3 is 9.72 Å². The molecule has 0 aromatic carbocycles. The van der Waals surface area contributed by atoms with Crippen LogP contribution in [-0.2, 0) is 0 Å². The van der Waals surface area contributed by atoms with Crippen molar-refractivity contribution in [3.05, 3.63) is 36.2 Å². The van der Waals surface area contributed by atoms with Crippen LogP contribution in [0.15, 0.2) is 30.5 Å².